The lowest BCUT2D eigenvalue weighted by atomic mass is 9.97. The predicted molar refractivity (Wildman–Crippen MR) is 150 cm³/mol. The zero-order valence-corrected chi connectivity index (χ0v) is 23.9. The zero-order chi connectivity index (χ0) is 27.7. The fourth-order valence-corrected chi connectivity index (χ4v) is 6.45. The van der Waals surface area contributed by atoms with Crippen LogP contribution < -0.4 is 10.1 Å². The first-order valence-corrected chi connectivity index (χ1v) is 14.7. The molecule has 3 atom stereocenters. The van der Waals surface area contributed by atoms with E-state index in [2.05, 4.69) is 19.2 Å². The molecule has 2 fully saturated rings. The van der Waals surface area contributed by atoms with Gasteiger partial charge in [0.15, 0.2) is 11.6 Å². The van der Waals surface area contributed by atoms with Gasteiger partial charge in [-0.2, -0.15) is 0 Å². The molecule has 1 saturated heterocycles. The highest BCUT2D eigenvalue weighted by molar-refractivity contribution is 6.08. The first-order chi connectivity index (χ1) is 18.7. The van der Waals surface area contributed by atoms with Gasteiger partial charge in [0.2, 0.25) is 5.91 Å². The number of aromatic nitrogens is 1. The number of carbonyl (C=O) groups is 3. The Balaban J connectivity index is 1.55. The molecule has 1 saturated carbocycles. The highest BCUT2D eigenvalue weighted by atomic mass is 16.5. The standard InChI is InChI=1S/C31H43N3O5/c1-5-27(36)26-13-31-14-28(31)34(26)29(37)17-33-16-25(21(4)35)24-12-23(39-18-20(2)3)11-22(30(24)33)15-32-9-7-6-8-10-38-19-31/h11-12,16,20,26,28,32H,5-10,13-15,17-19H2,1-4H3/t26-,28+,31-/m0/s1. The summed E-state index contributed by atoms with van der Waals surface area (Å²) in [5.41, 5.74) is 2.37. The fourth-order valence-electron chi connectivity index (χ4n) is 6.45. The number of rotatable bonds is 6. The van der Waals surface area contributed by atoms with Crippen molar-refractivity contribution in [2.75, 3.05) is 26.4 Å². The fraction of sp³-hybridized carbons (Fsp3) is 0.645. The maximum atomic E-state index is 13.9. The van der Waals surface area contributed by atoms with Gasteiger partial charge in [0.05, 0.1) is 24.8 Å². The van der Waals surface area contributed by atoms with Crippen LogP contribution in [0.1, 0.15) is 82.1 Å². The van der Waals surface area contributed by atoms with Crippen LogP contribution in [0.4, 0.5) is 0 Å². The average molecular weight is 538 g/mol. The van der Waals surface area contributed by atoms with Crippen LogP contribution in [0.3, 0.4) is 0 Å². The van der Waals surface area contributed by atoms with Crippen molar-refractivity contribution in [3.05, 3.63) is 29.5 Å². The van der Waals surface area contributed by atoms with Gasteiger partial charge in [0.25, 0.3) is 0 Å². The second-order valence-corrected chi connectivity index (χ2v) is 12.1. The molecule has 2 bridgehead atoms. The molecule has 3 aliphatic rings. The summed E-state index contributed by atoms with van der Waals surface area (Å²) in [4.78, 5) is 41.5. The zero-order valence-electron chi connectivity index (χ0n) is 23.9. The minimum atomic E-state index is -0.394. The summed E-state index contributed by atoms with van der Waals surface area (Å²) in [7, 11) is 0. The molecule has 8 nitrogen and oxygen atoms in total. The minimum Gasteiger partial charge on any atom is -0.493 e. The number of carbonyl (C=O) groups excluding carboxylic acids is 3. The minimum absolute atomic E-state index is 0.0486. The van der Waals surface area contributed by atoms with E-state index < -0.39 is 6.04 Å². The molecule has 5 rings (SSSR count). The summed E-state index contributed by atoms with van der Waals surface area (Å²) in [6, 6.07) is 3.63. The molecule has 1 N–H and O–H groups in total. The normalized spacial score (nSPS) is 26.0. The Hall–Kier alpha value is -2.71. The molecule has 1 aromatic heterocycles. The van der Waals surface area contributed by atoms with Gasteiger partial charge in [-0.1, -0.05) is 20.8 Å². The van der Waals surface area contributed by atoms with E-state index in [1.54, 1.807) is 6.92 Å². The van der Waals surface area contributed by atoms with Gasteiger partial charge in [-0.15, -0.1) is 0 Å². The van der Waals surface area contributed by atoms with Crippen LogP contribution in [0.5, 0.6) is 5.75 Å². The van der Waals surface area contributed by atoms with E-state index in [-0.39, 0.29) is 35.5 Å². The van der Waals surface area contributed by atoms with Crippen LogP contribution in [0.15, 0.2) is 18.3 Å². The topological polar surface area (TPSA) is 89.9 Å². The summed E-state index contributed by atoms with van der Waals surface area (Å²) >= 11 is 0. The Morgan fingerprint density at radius 1 is 1.21 bits per heavy atom. The van der Waals surface area contributed by atoms with Gasteiger partial charge in [-0.05, 0) is 69.2 Å². The predicted octanol–water partition coefficient (Wildman–Crippen LogP) is 4.51. The van der Waals surface area contributed by atoms with Crippen LogP contribution >= 0.6 is 0 Å². The molecule has 0 radical (unpaired) electrons. The van der Waals surface area contributed by atoms with Crippen LogP contribution in [-0.2, 0) is 27.4 Å². The number of amides is 1. The van der Waals surface area contributed by atoms with Crippen LogP contribution in [0.2, 0.25) is 0 Å². The maximum Gasteiger partial charge on any atom is 0.243 e. The Kier molecular flexibility index (Phi) is 8.15. The molecule has 0 unspecified atom stereocenters. The van der Waals surface area contributed by atoms with Gasteiger partial charge in [-0.25, -0.2) is 0 Å². The molecule has 2 aliphatic heterocycles. The number of benzene rings is 1. The number of nitrogens with one attached hydrogen (secondary N) is 1. The number of piperidine rings is 1. The first kappa shape index (κ1) is 27.8. The lowest BCUT2D eigenvalue weighted by Gasteiger charge is -2.27. The molecule has 8 heteroatoms. The lowest BCUT2D eigenvalue weighted by Crippen LogP contribution is -2.44. The molecular formula is C31H43N3O5. The van der Waals surface area contributed by atoms with Gasteiger partial charge in [0, 0.05) is 48.2 Å². The van der Waals surface area contributed by atoms with Gasteiger partial charge >= 0.3 is 0 Å². The van der Waals surface area contributed by atoms with Gasteiger partial charge in [0.1, 0.15) is 12.3 Å². The second-order valence-electron chi connectivity index (χ2n) is 12.1. The summed E-state index contributed by atoms with van der Waals surface area (Å²) in [5.74, 6) is 1.10. The van der Waals surface area contributed by atoms with Crippen LogP contribution in [0.25, 0.3) is 10.9 Å². The maximum absolute atomic E-state index is 13.9. The lowest BCUT2D eigenvalue weighted by molar-refractivity contribution is -0.139. The Morgan fingerprint density at radius 3 is 2.77 bits per heavy atom. The summed E-state index contributed by atoms with van der Waals surface area (Å²) < 4.78 is 14.1. The molecular weight excluding hydrogens is 494 g/mol. The summed E-state index contributed by atoms with van der Waals surface area (Å²) in [6.07, 6.45) is 6.91. The van der Waals surface area contributed by atoms with Crippen molar-refractivity contribution in [3.63, 3.8) is 0 Å². The molecule has 1 amide bonds. The van der Waals surface area contributed by atoms with E-state index >= 15 is 0 Å². The van der Waals surface area contributed by atoms with Gasteiger partial charge < -0.3 is 24.3 Å². The van der Waals surface area contributed by atoms with Crippen molar-refractivity contribution < 1.29 is 23.9 Å². The summed E-state index contributed by atoms with van der Waals surface area (Å²) in [5, 5.41) is 4.37. The van der Waals surface area contributed by atoms with Crippen molar-refractivity contribution in [2.24, 2.45) is 11.3 Å². The van der Waals surface area contributed by atoms with Crippen molar-refractivity contribution in [2.45, 2.75) is 91.4 Å². The molecule has 1 aromatic carbocycles. The molecule has 212 valence electrons. The second kappa shape index (κ2) is 11.4. The van der Waals surface area contributed by atoms with Gasteiger partial charge in [-0.3, -0.25) is 14.4 Å². The number of hydrogen-bond acceptors (Lipinski definition) is 6. The number of hydrogen-bond donors (Lipinski definition) is 1. The van der Waals surface area contributed by atoms with E-state index in [1.165, 1.54) is 0 Å². The third-order valence-corrected chi connectivity index (χ3v) is 8.57. The SMILES string of the molecule is CCC(=O)[C@@H]1C[C@]23COCCCCCNCc4cc(OCC(C)C)cc5c(C(C)=O)cn(c45)CC(=O)N1[C@@H]2C3. The molecule has 1 aliphatic carbocycles. The highest BCUT2D eigenvalue weighted by Gasteiger charge is 2.66. The van der Waals surface area contributed by atoms with Crippen molar-refractivity contribution >= 4 is 28.4 Å². The third kappa shape index (κ3) is 5.64. The monoisotopic (exact) mass is 537 g/mol. The third-order valence-electron chi connectivity index (χ3n) is 8.57. The molecule has 3 heterocycles. The molecule has 2 aromatic rings. The smallest absolute Gasteiger partial charge is 0.243 e. The van der Waals surface area contributed by atoms with Crippen LogP contribution in [0, 0.1) is 11.3 Å². The first-order valence-electron chi connectivity index (χ1n) is 14.7. The van der Waals surface area contributed by atoms with E-state index in [0.29, 0.717) is 50.7 Å². The highest BCUT2D eigenvalue weighted by Crippen LogP contribution is 2.60. The van der Waals surface area contributed by atoms with Crippen molar-refractivity contribution in [1.82, 2.24) is 14.8 Å². The average Bonchev–Trinajstić information content (AvgIpc) is 3.31. The van der Waals surface area contributed by atoms with Crippen LogP contribution in [-0.4, -0.2) is 65.4 Å². The van der Waals surface area contributed by atoms with E-state index in [9.17, 15) is 14.4 Å². The Morgan fingerprint density at radius 2 is 2.03 bits per heavy atom. The van der Waals surface area contributed by atoms with Crippen molar-refractivity contribution in [3.8, 4) is 5.75 Å². The van der Waals surface area contributed by atoms with E-state index in [4.69, 9.17) is 9.47 Å². The molecule has 0 spiro atoms. The summed E-state index contributed by atoms with van der Waals surface area (Å²) in [6.45, 7) is 11.1. The number of ketones is 2. The quantitative estimate of drug-likeness (QED) is 0.546. The largest absolute Gasteiger partial charge is 0.493 e. The number of nitrogens with zero attached hydrogens (tertiary/aromatic N) is 2. The molecule has 39 heavy (non-hydrogen) atoms. The Labute approximate surface area is 231 Å². The van der Waals surface area contributed by atoms with E-state index in [1.807, 2.05) is 34.7 Å². The number of Topliss-reactive ketones (excluding diaryl/α,β-unsaturated/α-hetero) is 2. The number of ether oxygens (including phenoxy) is 2. The van der Waals surface area contributed by atoms with Crippen molar-refractivity contribution in [1.29, 1.82) is 0 Å². The van der Waals surface area contributed by atoms with E-state index in [0.717, 1.165) is 54.4 Å². The Bertz CT molecular complexity index is 1250.